The SMILES string of the molecule is O=C(NC1CCCCC1)C(c1ccncc1)N(Cc1ccc(F)cc1)C(=O)Cc1cccs1. The van der Waals surface area contributed by atoms with Crippen LogP contribution in [0.4, 0.5) is 4.39 Å². The molecule has 0 spiro atoms. The summed E-state index contributed by atoms with van der Waals surface area (Å²) in [7, 11) is 0. The molecule has 4 rings (SSSR count). The molecule has 0 radical (unpaired) electrons. The Morgan fingerprint density at radius 3 is 2.45 bits per heavy atom. The highest BCUT2D eigenvalue weighted by Crippen LogP contribution is 2.27. The van der Waals surface area contributed by atoms with Crippen molar-refractivity contribution in [1.29, 1.82) is 0 Å². The summed E-state index contributed by atoms with van der Waals surface area (Å²) in [5, 5.41) is 5.13. The lowest BCUT2D eigenvalue weighted by Gasteiger charge is -2.33. The van der Waals surface area contributed by atoms with Crippen LogP contribution >= 0.6 is 11.3 Å². The summed E-state index contributed by atoms with van der Waals surface area (Å²) in [6.07, 6.45) is 8.77. The van der Waals surface area contributed by atoms with E-state index >= 15 is 0 Å². The van der Waals surface area contributed by atoms with Gasteiger partial charge in [-0.25, -0.2) is 4.39 Å². The van der Waals surface area contributed by atoms with Crippen molar-refractivity contribution in [2.24, 2.45) is 0 Å². The topological polar surface area (TPSA) is 62.3 Å². The van der Waals surface area contributed by atoms with E-state index in [-0.39, 0.29) is 36.6 Å². The zero-order valence-electron chi connectivity index (χ0n) is 18.5. The first kappa shape index (κ1) is 23.1. The van der Waals surface area contributed by atoms with Crippen LogP contribution in [-0.2, 0) is 22.6 Å². The van der Waals surface area contributed by atoms with E-state index in [9.17, 15) is 14.0 Å². The van der Waals surface area contributed by atoms with Gasteiger partial charge in [-0.3, -0.25) is 14.6 Å². The number of carbonyl (C=O) groups excluding carboxylic acids is 2. The Morgan fingerprint density at radius 1 is 1.06 bits per heavy atom. The highest BCUT2D eigenvalue weighted by molar-refractivity contribution is 7.10. The number of nitrogens with one attached hydrogen (secondary N) is 1. The van der Waals surface area contributed by atoms with Gasteiger partial charge in [-0.2, -0.15) is 0 Å². The zero-order chi connectivity index (χ0) is 23.0. The molecule has 0 saturated heterocycles. The average molecular weight is 466 g/mol. The van der Waals surface area contributed by atoms with Crippen LogP contribution in [0.15, 0.2) is 66.3 Å². The highest BCUT2D eigenvalue weighted by Gasteiger charge is 2.33. The number of hydrogen-bond acceptors (Lipinski definition) is 4. The number of pyridine rings is 1. The van der Waals surface area contributed by atoms with Crippen LogP contribution in [0.25, 0.3) is 0 Å². The second-order valence-corrected chi connectivity index (χ2v) is 9.46. The average Bonchev–Trinajstić information content (AvgIpc) is 3.34. The third kappa shape index (κ3) is 6.26. The lowest BCUT2D eigenvalue weighted by molar-refractivity contribution is -0.141. The molecule has 1 saturated carbocycles. The van der Waals surface area contributed by atoms with Crippen molar-refractivity contribution in [2.75, 3.05) is 0 Å². The quantitative estimate of drug-likeness (QED) is 0.507. The predicted octanol–water partition coefficient (Wildman–Crippen LogP) is 5.04. The molecule has 1 fully saturated rings. The van der Waals surface area contributed by atoms with Gasteiger partial charge in [-0.15, -0.1) is 11.3 Å². The second-order valence-electron chi connectivity index (χ2n) is 8.43. The van der Waals surface area contributed by atoms with Crippen LogP contribution in [0.5, 0.6) is 0 Å². The van der Waals surface area contributed by atoms with Crippen LogP contribution < -0.4 is 5.32 Å². The molecule has 3 aromatic rings. The maximum Gasteiger partial charge on any atom is 0.247 e. The maximum atomic E-state index is 13.6. The second kappa shape index (κ2) is 11.2. The van der Waals surface area contributed by atoms with E-state index in [0.29, 0.717) is 5.56 Å². The Labute approximate surface area is 197 Å². The van der Waals surface area contributed by atoms with Gasteiger partial charge in [0.2, 0.25) is 11.8 Å². The van der Waals surface area contributed by atoms with E-state index in [2.05, 4.69) is 10.3 Å². The van der Waals surface area contributed by atoms with E-state index in [4.69, 9.17) is 0 Å². The molecule has 7 heteroatoms. The summed E-state index contributed by atoms with van der Waals surface area (Å²) in [5.41, 5.74) is 1.47. The third-order valence-electron chi connectivity index (χ3n) is 6.03. The van der Waals surface area contributed by atoms with Gasteiger partial charge in [-0.05, 0) is 59.7 Å². The normalized spacial score (nSPS) is 15.1. The van der Waals surface area contributed by atoms with Gasteiger partial charge in [0.15, 0.2) is 0 Å². The monoisotopic (exact) mass is 465 g/mol. The Hall–Kier alpha value is -3.06. The number of rotatable bonds is 8. The Bertz CT molecular complexity index is 1040. The molecule has 2 heterocycles. The van der Waals surface area contributed by atoms with Gasteiger partial charge in [0.25, 0.3) is 0 Å². The molecule has 1 unspecified atom stereocenters. The van der Waals surface area contributed by atoms with Crippen molar-refractivity contribution in [2.45, 2.75) is 57.2 Å². The number of amides is 2. The van der Waals surface area contributed by atoms with E-state index in [0.717, 1.165) is 36.1 Å². The molecule has 0 aliphatic heterocycles. The van der Waals surface area contributed by atoms with Crippen LogP contribution in [0.3, 0.4) is 0 Å². The molecular weight excluding hydrogens is 437 g/mol. The Balaban J connectivity index is 1.66. The summed E-state index contributed by atoms with van der Waals surface area (Å²) in [4.78, 5) is 33.8. The Kier molecular flexibility index (Phi) is 7.83. The summed E-state index contributed by atoms with van der Waals surface area (Å²) in [6, 6.07) is 12.8. The van der Waals surface area contributed by atoms with Gasteiger partial charge in [0.05, 0.1) is 6.42 Å². The van der Waals surface area contributed by atoms with Gasteiger partial charge < -0.3 is 10.2 Å². The highest BCUT2D eigenvalue weighted by atomic mass is 32.1. The molecule has 33 heavy (non-hydrogen) atoms. The van der Waals surface area contributed by atoms with Crippen molar-refractivity contribution in [3.8, 4) is 0 Å². The molecule has 1 atom stereocenters. The van der Waals surface area contributed by atoms with Gasteiger partial charge in [0.1, 0.15) is 11.9 Å². The molecule has 1 N–H and O–H groups in total. The zero-order valence-corrected chi connectivity index (χ0v) is 19.3. The van der Waals surface area contributed by atoms with Crippen LogP contribution in [0.2, 0.25) is 0 Å². The predicted molar refractivity (Wildman–Crippen MR) is 127 cm³/mol. The summed E-state index contributed by atoms with van der Waals surface area (Å²) in [6.45, 7) is 0.204. The lowest BCUT2D eigenvalue weighted by atomic mass is 9.94. The van der Waals surface area contributed by atoms with Crippen molar-refractivity contribution >= 4 is 23.2 Å². The molecule has 1 aromatic carbocycles. The minimum absolute atomic E-state index is 0.121. The fraction of sp³-hybridized carbons (Fsp3) is 0.346. The molecule has 0 bridgehead atoms. The smallest absolute Gasteiger partial charge is 0.247 e. The first-order valence-corrected chi connectivity index (χ1v) is 12.2. The first-order chi connectivity index (χ1) is 16.1. The number of nitrogens with zero attached hydrogens (tertiary/aromatic N) is 2. The van der Waals surface area contributed by atoms with E-state index in [1.807, 2.05) is 17.5 Å². The van der Waals surface area contributed by atoms with Crippen molar-refractivity contribution in [1.82, 2.24) is 15.2 Å². The standard InChI is InChI=1S/C26H28FN3O2S/c27-21-10-8-19(9-11-21)18-30(24(31)17-23-7-4-16-33-23)25(20-12-14-28-15-13-20)26(32)29-22-5-2-1-3-6-22/h4,7-16,22,25H,1-3,5-6,17-18H2,(H,29,32). The van der Waals surface area contributed by atoms with E-state index in [1.54, 1.807) is 41.6 Å². The number of thiophene rings is 1. The molecule has 1 aliphatic carbocycles. The lowest BCUT2D eigenvalue weighted by Crippen LogP contribution is -2.47. The van der Waals surface area contributed by atoms with Crippen LogP contribution in [0, 0.1) is 5.82 Å². The van der Waals surface area contributed by atoms with Gasteiger partial charge in [0, 0.05) is 29.9 Å². The number of aromatic nitrogens is 1. The van der Waals surface area contributed by atoms with E-state index in [1.165, 1.54) is 29.9 Å². The molecule has 2 aromatic heterocycles. The molecule has 172 valence electrons. The van der Waals surface area contributed by atoms with Crippen LogP contribution in [0.1, 0.15) is 54.1 Å². The maximum absolute atomic E-state index is 13.6. The molecule has 1 aliphatic rings. The summed E-state index contributed by atoms with van der Waals surface area (Å²) < 4.78 is 13.5. The van der Waals surface area contributed by atoms with E-state index < -0.39 is 6.04 Å². The van der Waals surface area contributed by atoms with Crippen LogP contribution in [-0.4, -0.2) is 27.7 Å². The van der Waals surface area contributed by atoms with Crippen molar-refractivity contribution < 1.29 is 14.0 Å². The largest absolute Gasteiger partial charge is 0.351 e. The molecular formula is C26H28FN3O2S. The number of benzene rings is 1. The Morgan fingerprint density at radius 2 is 1.79 bits per heavy atom. The summed E-state index contributed by atoms with van der Waals surface area (Å²) in [5.74, 6) is -0.673. The molecule has 5 nitrogen and oxygen atoms in total. The number of halogens is 1. The van der Waals surface area contributed by atoms with Gasteiger partial charge in [-0.1, -0.05) is 37.5 Å². The first-order valence-electron chi connectivity index (χ1n) is 11.4. The fourth-order valence-corrected chi connectivity index (χ4v) is 5.02. The number of hydrogen-bond donors (Lipinski definition) is 1. The van der Waals surface area contributed by atoms with Crippen molar-refractivity contribution in [3.05, 3.63) is 88.1 Å². The van der Waals surface area contributed by atoms with Gasteiger partial charge >= 0.3 is 0 Å². The molecule has 2 amide bonds. The van der Waals surface area contributed by atoms with Crippen molar-refractivity contribution in [3.63, 3.8) is 0 Å². The minimum Gasteiger partial charge on any atom is -0.351 e. The number of carbonyl (C=O) groups is 2. The fourth-order valence-electron chi connectivity index (χ4n) is 4.32. The third-order valence-corrected chi connectivity index (χ3v) is 6.90. The summed E-state index contributed by atoms with van der Waals surface area (Å²) >= 11 is 1.51. The minimum atomic E-state index is -0.799.